The van der Waals surface area contributed by atoms with Gasteiger partial charge in [-0.1, -0.05) is 0 Å². The van der Waals surface area contributed by atoms with Crippen LogP contribution in [0.2, 0.25) is 0 Å². The van der Waals surface area contributed by atoms with E-state index in [2.05, 4.69) is 9.64 Å². The molecule has 1 atom stereocenters. The lowest BCUT2D eigenvalue weighted by Crippen LogP contribution is -2.40. The van der Waals surface area contributed by atoms with E-state index in [0.717, 1.165) is 0 Å². The molecule has 5 nitrogen and oxygen atoms in total. The molecule has 6 heteroatoms. The molecular weight excluding hydrogens is 287 g/mol. The maximum Gasteiger partial charge on any atom is 0.334 e. The van der Waals surface area contributed by atoms with Crippen molar-refractivity contribution in [3.63, 3.8) is 0 Å². The minimum absolute atomic E-state index is 0.126. The molecule has 0 unspecified atom stereocenters. The fraction of sp³-hybridized carbons (Fsp3) is 0.500. The zero-order valence-electron chi connectivity index (χ0n) is 12.5. The Morgan fingerprint density at radius 3 is 2.82 bits per heavy atom. The van der Waals surface area contributed by atoms with E-state index < -0.39 is 12.1 Å². The van der Waals surface area contributed by atoms with Crippen molar-refractivity contribution < 1.29 is 19.0 Å². The average Bonchev–Trinajstić information content (AvgIpc) is 2.56. The Kier molecular flexibility index (Phi) is 5.47. The second kappa shape index (κ2) is 7.34. The number of hydrogen-bond acceptors (Lipinski definition) is 5. The van der Waals surface area contributed by atoms with Gasteiger partial charge in [-0.25, -0.2) is 9.18 Å². The molecule has 0 aromatic heterocycles. The molecule has 1 fully saturated rings. The van der Waals surface area contributed by atoms with Crippen LogP contribution in [0, 0.1) is 23.1 Å². The number of ether oxygens (including phenoxy) is 1. The molecule has 0 amide bonds. The molecule has 1 aliphatic rings. The van der Waals surface area contributed by atoms with Crippen LogP contribution in [0.1, 0.15) is 24.0 Å². The Morgan fingerprint density at radius 1 is 1.55 bits per heavy atom. The van der Waals surface area contributed by atoms with Crippen LogP contribution in [0.25, 0.3) is 0 Å². The molecule has 1 aromatic rings. The van der Waals surface area contributed by atoms with E-state index in [1.807, 2.05) is 6.07 Å². The number of esters is 1. The minimum Gasteiger partial charge on any atom is -0.467 e. The number of aliphatic hydroxyl groups is 1. The third kappa shape index (κ3) is 3.81. The topological polar surface area (TPSA) is 73.6 Å². The Morgan fingerprint density at radius 2 is 2.23 bits per heavy atom. The summed E-state index contributed by atoms with van der Waals surface area (Å²) in [5.74, 6) is -1.05. The second-order valence-electron chi connectivity index (χ2n) is 5.50. The molecule has 1 heterocycles. The summed E-state index contributed by atoms with van der Waals surface area (Å²) in [7, 11) is 1.26. The Labute approximate surface area is 128 Å². The summed E-state index contributed by atoms with van der Waals surface area (Å²) >= 11 is 0. The third-order valence-electron chi connectivity index (χ3n) is 4.09. The zero-order valence-corrected chi connectivity index (χ0v) is 12.5. The fourth-order valence-corrected chi connectivity index (χ4v) is 2.75. The number of methoxy groups -OCH3 is 1. The molecule has 0 bridgehead atoms. The van der Waals surface area contributed by atoms with Gasteiger partial charge in [-0.15, -0.1) is 0 Å². The SMILES string of the molecule is COC(=O)[C@H](O)C1CCN(Cc2cc(C#N)ccc2F)CC1. The highest BCUT2D eigenvalue weighted by atomic mass is 19.1. The molecule has 0 aliphatic carbocycles. The lowest BCUT2D eigenvalue weighted by Gasteiger charge is -2.33. The molecule has 1 saturated heterocycles. The van der Waals surface area contributed by atoms with E-state index in [1.165, 1.54) is 19.2 Å². The van der Waals surface area contributed by atoms with Crippen LogP contribution in [-0.2, 0) is 16.1 Å². The summed E-state index contributed by atoms with van der Waals surface area (Å²) in [4.78, 5) is 13.4. The molecule has 2 rings (SSSR count). The first-order valence-electron chi connectivity index (χ1n) is 7.22. The fourth-order valence-electron chi connectivity index (χ4n) is 2.75. The normalized spacial score (nSPS) is 17.7. The number of nitriles is 1. The van der Waals surface area contributed by atoms with Crippen LogP contribution in [0.3, 0.4) is 0 Å². The number of piperidine rings is 1. The highest BCUT2D eigenvalue weighted by molar-refractivity contribution is 5.74. The predicted octanol–water partition coefficient (Wildman–Crippen LogP) is 1.44. The number of carbonyl (C=O) groups is 1. The summed E-state index contributed by atoms with van der Waals surface area (Å²) in [6, 6.07) is 6.33. The molecule has 1 aromatic carbocycles. The number of hydrogen-bond donors (Lipinski definition) is 1. The van der Waals surface area contributed by atoms with Gasteiger partial charge in [-0.2, -0.15) is 5.26 Å². The van der Waals surface area contributed by atoms with Gasteiger partial charge in [0, 0.05) is 12.1 Å². The molecule has 22 heavy (non-hydrogen) atoms. The molecule has 118 valence electrons. The Bertz CT molecular complexity index is 577. The van der Waals surface area contributed by atoms with E-state index in [1.54, 1.807) is 6.07 Å². The van der Waals surface area contributed by atoms with Crippen LogP contribution in [0.5, 0.6) is 0 Å². The van der Waals surface area contributed by atoms with E-state index in [0.29, 0.717) is 43.6 Å². The molecule has 0 saturated carbocycles. The van der Waals surface area contributed by atoms with Gasteiger partial charge in [0.25, 0.3) is 0 Å². The summed E-state index contributed by atoms with van der Waals surface area (Å²) in [6.45, 7) is 1.74. The van der Waals surface area contributed by atoms with Crippen molar-refractivity contribution in [2.24, 2.45) is 5.92 Å². The zero-order chi connectivity index (χ0) is 16.1. The van der Waals surface area contributed by atoms with Gasteiger partial charge in [0.2, 0.25) is 0 Å². The highest BCUT2D eigenvalue weighted by Gasteiger charge is 2.30. The van der Waals surface area contributed by atoms with Gasteiger partial charge in [0.1, 0.15) is 5.82 Å². The standard InChI is InChI=1S/C16H19FN2O3/c1-22-16(21)15(20)12-4-6-19(7-5-12)10-13-8-11(9-18)2-3-14(13)17/h2-3,8,12,15,20H,4-7,10H2,1H3/t15-/m1/s1. The average molecular weight is 306 g/mol. The number of nitrogens with zero attached hydrogens (tertiary/aromatic N) is 2. The smallest absolute Gasteiger partial charge is 0.334 e. The molecule has 1 aliphatic heterocycles. The van der Waals surface area contributed by atoms with Crippen molar-refractivity contribution in [3.8, 4) is 6.07 Å². The largest absolute Gasteiger partial charge is 0.467 e. The van der Waals surface area contributed by atoms with Crippen LogP contribution in [0.4, 0.5) is 4.39 Å². The summed E-state index contributed by atoms with van der Waals surface area (Å²) < 4.78 is 18.3. The predicted molar refractivity (Wildman–Crippen MR) is 77.1 cm³/mol. The minimum atomic E-state index is -1.09. The van der Waals surface area contributed by atoms with E-state index in [9.17, 15) is 14.3 Å². The van der Waals surface area contributed by atoms with E-state index in [4.69, 9.17) is 5.26 Å². The van der Waals surface area contributed by atoms with Crippen molar-refractivity contribution in [1.82, 2.24) is 4.90 Å². The van der Waals surface area contributed by atoms with Gasteiger partial charge in [0.05, 0.1) is 18.7 Å². The van der Waals surface area contributed by atoms with Gasteiger partial charge in [-0.05, 0) is 50.0 Å². The van der Waals surface area contributed by atoms with Crippen molar-refractivity contribution in [2.45, 2.75) is 25.5 Å². The van der Waals surface area contributed by atoms with Crippen LogP contribution in [-0.4, -0.2) is 42.3 Å². The van der Waals surface area contributed by atoms with E-state index >= 15 is 0 Å². The maximum absolute atomic E-state index is 13.8. The number of rotatable bonds is 4. The van der Waals surface area contributed by atoms with E-state index in [-0.39, 0.29) is 11.7 Å². The lowest BCUT2D eigenvalue weighted by molar-refractivity contribution is -0.154. The van der Waals surface area contributed by atoms with Crippen LogP contribution < -0.4 is 0 Å². The number of halogens is 1. The summed E-state index contributed by atoms with van der Waals surface area (Å²) in [5, 5.41) is 18.7. The van der Waals surface area contributed by atoms with Gasteiger partial charge < -0.3 is 9.84 Å². The highest BCUT2D eigenvalue weighted by Crippen LogP contribution is 2.23. The maximum atomic E-state index is 13.8. The van der Waals surface area contributed by atoms with Crippen molar-refractivity contribution >= 4 is 5.97 Å². The third-order valence-corrected chi connectivity index (χ3v) is 4.09. The Balaban J connectivity index is 1.93. The van der Waals surface area contributed by atoms with Crippen molar-refractivity contribution in [1.29, 1.82) is 5.26 Å². The molecule has 0 radical (unpaired) electrons. The van der Waals surface area contributed by atoms with Gasteiger partial charge in [0.15, 0.2) is 6.10 Å². The Hall–Kier alpha value is -1.97. The molecule has 0 spiro atoms. The van der Waals surface area contributed by atoms with Crippen molar-refractivity contribution in [2.75, 3.05) is 20.2 Å². The first-order chi connectivity index (χ1) is 10.5. The number of benzene rings is 1. The monoisotopic (exact) mass is 306 g/mol. The molecular formula is C16H19FN2O3. The van der Waals surface area contributed by atoms with Gasteiger partial charge in [-0.3, -0.25) is 4.90 Å². The summed E-state index contributed by atoms with van der Waals surface area (Å²) in [5.41, 5.74) is 0.929. The lowest BCUT2D eigenvalue weighted by atomic mass is 9.91. The summed E-state index contributed by atoms with van der Waals surface area (Å²) in [6.07, 6.45) is 0.205. The number of likely N-dealkylation sites (tertiary alicyclic amines) is 1. The van der Waals surface area contributed by atoms with Crippen LogP contribution in [0.15, 0.2) is 18.2 Å². The van der Waals surface area contributed by atoms with Crippen molar-refractivity contribution in [3.05, 3.63) is 35.1 Å². The quantitative estimate of drug-likeness (QED) is 0.852. The number of carbonyl (C=O) groups excluding carboxylic acids is 1. The second-order valence-corrected chi connectivity index (χ2v) is 5.50. The number of aliphatic hydroxyl groups excluding tert-OH is 1. The first-order valence-corrected chi connectivity index (χ1v) is 7.22. The first kappa shape index (κ1) is 16.4. The van der Waals surface area contributed by atoms with Crippen LogP contribution >= 0.6 is 0 Å². The van der Waals surface area contributed by atoms with Gasteiger partial charge >= 0.3 is 5.97 Å². The molecule has 1 N–H and O–H groups in total.